The molecule has 1 aromatic heterocycles. The van der Waals surface area contributed by atoms with Gasteiger partial charge in [0.25, 0.3) is 0 Å². The third-order valence-electron chi connectivity index (χ3n) is 2.86. The maximum absolute atomic E-state index is 3.41. The number of piperidine rings is 1. The van der Waals surface area contributed by atoms with Crippen molar-refractivity contribution in [3.05, 3.63) is 21.4 Å². The number of aryl methyl sites for hydroxylation is 2. The van der Waals surface area contributed by atoms with E-state index in [1.807, 2.05) is 11.3 Å². The Morgan fingerprint density at radius 2 is 2.00 bits per heavy atom. The molecular weight excluding hydrogens is 178 g/mol. The fraction of sp³-hybridized carbons (Fsp3) is 0.636. The van der Waals surface area contributed by atoms with Crippen LogP contribution in [0, 0.1) is 13.8 Å². The van der Waals surface area contributed by atoms with Gasteiger partial charge in [-0.1, -0.05) is 0 Å². The first kappa shape index (κ1) is 9.22. The van der Waals surface area contributed by atoms with Gasteiger partial charge in [-0.25, -0.2) is 0 Å². The summed E-state index contributed by atoms with van der Waals surface area (Å²) in [5, 5.41) is 3.41. The molecule has 1 nitrogen and oxygen atoms in total. The minimum absolute atomic E-state index is 0.825. The van der Waals surface area contributed by atoms with Crippen molar-refractivity contribution in [1.29, 1.82) is 0 Å². The first-order valence-electron chi connectivity index (χ1n) is 5.05. The average molecular weight is 195 g/mol. The van der Waals surface area contributed by atoms with Crippen molar-refractivity contribution in [3.8, 4) is 0 Å². The number of rotatable bonds is 1. The lowest BCUT2D eigenvalue weighted by molar-refractivity contribution is 0.460. The lowest BCUT2D eigenvalue weighted by Gasteiger charge is -2.22. The summed E-state index contributed by atoms with van der Waals surface area (Å²) in [6.07, 6.45) is 2.63. The number of nitrogens with one attached hydrogen (secondary N) is 1. The summed E-state index contributed by atoms with van der Waals surface area (Å²) in [5.74, 6) is 0.825. The van der Waals surface area contributed by atoms with Gasteiger partial charge in [-0.2, -0.15) is 0 Å². The van der Waals surface area contributed by atoms with Crippen LogP contribution in [0.1, 0.15) is 34.1 Å². The predicted molar refractivity (Wildman–Crippen MR) is 58.6 cm³/mol. The Morgan fingerprint density at radius 1 is 1.31 bits per heavy atom. The molecule has 2 rings (SSSR count). The summed E-state index contributed by atoms with van der Waals surface area (Å²) in [6.45, 7) is 6.86. The van der Waals surface area contributed by atoms with E-state index in [2.05, 4.69) is 25.2 Å². The van der Waals surface area contributed by atoms with Crippen molar-refractivity contribution in [2.24, 2.45) is 0 Å². The summed E-state index contributed by atoms with van der Waals surface area (Å²) >= 11 is 1.94. The molecular formula is C11H17NS. The molecule has 2 heterocycles. The van der Waals surface area contributed by atoms with Crippen LogP contribution in [0.3, 0.4) is 0 Å². The maximum atomic E-state index is 3.41. The van der Waals surface area contributed by atoms with Crippen LogP contribution in [0.5, 0.6) is 0 Å². The lowest BCUT2D eigenvalue weighted by Crippen LogP contribution is -2.26. The Labute approximate surface area is 84.2 Å². The van der Waals surface area contributed by atoms with Gasteiger partial charge >= 0.3 is 0 Å². The largest absolute Gasteiger partial charge is 0.317 e. The van der Waals surface area contributed by atoms with Crippen molar-refractivity contribution in [1.82, 2.24) is 5.32 Å². The van der Waals surface area contributed by atoms with Crippen LogP contribution < -0.4 is 5.32 Å². The molecule has 1 N–H and O–H groups in total. The standard InChI is InChI=1S/C11H17NS/c1-8-7-11(9(2)13-8)10-3-5-12-6-4-10/h7,10,12H,3-6H2,1-2H3. The van der Waals surface area contributed by atoms with Crippen molar-refractivity contribution in [2.75, 3.05) is 13.1 Å². The molecule has 1 fully saturated rings. The van der Waals surface area contributed by atoms with Crippen molar-refractivity contribution in [3.63, 3.8) is 0 Å². The van der Waals surface area contributed by atoms with E-state index in [4.69, 9.17) is 0 Å². The lowest BCUT2D eigenvalue weighted by atomic mass is 9.90. The molecule has 13 heavy (non-hydrogen) atoms. The third-order valence-corrected chi connectivity index (χ3v) is 3.84. The van der Waals surface area contributed by atoms with E-state index in [1.165, 1.54) is 35.7 Å². The molecule has 0 aromatic carbocycles. The number of hydrogen-bond donors (Lipinski definition) is 1. The molecule has 0 radical (unpaired) electrons. The highest BCUT2D eigenvalue weighted by atomic mass is 32.1. The van der Waals surface area contributed by atoms with Crippen LogP contribution in [-0.2, 0) is 0 Å². The summed E-state index contributed by atoms with van der Waals surface area (Å²) in [4.78, 5) is 3.00. The van der Waals surface area contributed by atoms with E-state index >= 15 is 0 Å². The van der Waals surface area contributed by atoms with Gasteiger partial charge in [-0.3, -0.25) is 0 Å². The van der Waals surface area contributed by atoms with Crippen molar-refractivity contribution in [2.45, 2.75) is 32.6 Å². The van der Waals surface area contributed by atoms with E-state index in [1.54, 1.807) is 5.56 Å². The van der Waals surface area contributed by atoms with Gasteiger partial charge in [0, 0.05) is 9.75 Å². The second kappa shape index (κ2) is 3.81. The van der Waals surface area contributed by atoms with Gasteiger partial charge in [0.15, 0.2) is 0 Å². The van der Waals surface area contributed by atoms with E-state index in [9.17, 15) is 0 Å². The summed E-state index contributed by atoms with van der Waals surface area (Å²) in [5.41, 5.74) is 1.61. The molecule has 0 unspecified atom stereocenters. The highest BCUT2D eigenvalue weighted by molar-refractivity contribution is 7.12. The van der Waals surface area contributed by atoms with Gasteiger partial charge in [0.2, 0.25) is 0 Å². The van der Waals surface area contributed by atoms with Gasteiger partial charge in [-0.05, 0) is 57.3 Å². The molecule has 0 saturated carbocycles. The highest BCUT2D eigenvalue weighted by Crippen LogP contribution is 2.32. The molecule has 0 spiro atoms. The van der Waals surface area contributed by atoms with Crippen LogP contribution in [0.25, 0.3) is 0 Å². The molecule has 1 aliphatic rings. The fourth-order valence-corrected chi connectivity index (χ4v) is 3.20. The zero-order valence-corrected chi connectivity index (χ0v) is 9.21. The Morgan fingerprint density at radius 3 is 2.54 bits per heavy atom. The van der Waals surface area contributed by atoms with Crippen molar-refractivity contribution < 1.29 is 0 Å². The predicted octanol–water partition coefficient (Wildman–Crippen LogP) is 2.83. The molecule has 2 heteroatoms. The van der Waals surface area contributed by atoms with Crippen LogP contribution in [0.4, 0.5) is 0 Å². The molecule has 1 aliphatic heterocycles. The second-order valence-electron chi connectivity index (χ2n) is 3.89. The Balaban J connectivity index is 2.18. The van der Waals surface area contributed by atoms with E-state index in [-0.39, 0.29) is 0 Å². The minimum atomic E-state index is 0.825. The minimum Gasteiger partial charge on any atom is -0.317 e. The highest BCUT2D eigenvalue weighted by Gasteiger charge is 2.17. The van der Waals surface area contributed by atoms with Gasteiger partial charge in [-0.15, -0.1) is 11.3 Å². The summed E-state index contributed by atoms with van der Waals surface area (Å²) in [7, 11) is 0. The van der Waals surface area contributed by atoms with Crippen LogP contribution >= 0.6 is 11.3 Å². The molecule has 72 valence electrons. The average Bonchev–Trinajstić information content (AvgIpc) is 2.47. The maximum Gasteiger partial charge on any atom is 0.00518 e. The number of thiophene rings is 1. The number of hydrogen-bond acceptors (Lipinski definition) is 2. The van der Waals surface area contributed by atoms with Crippen molar-refractivity contribution >= 4 is 11.3 Å². The van der Waals surface area contributed by atoms with E-state index in [0.717, 1.165) is 5.92 Å². The zero-order chi connectivity index (χ0) is 9.26. The fourth-order valence-electron chi connectivity index (χ4n) is 2.19. The monoisotopic (exact) mass is 195 g/mol. The smallest absolute Gasteiger partial charge is 0.00518 e. The van der Waals surface area contributed by atoms with Gasteiger partial charge < -0.3 is 5.32 Å². The van der Waals surface area contributed by atoms with Gasteiger partial charge in [0.1, 0.15) is 0 Å². The van der Waals surface area contributed by atoms with E-state index < -0.39 is 0 Å². The second-order valence-corrected chi connectivity index (χ2v) is 5.35. The topological polar surface area (TPSA) is 12.0 Å². The molecule has 0 aliphatic carbocycles. The quantitative estimate of drug-likeness (QED) is 0.726. The Bertz CT molecular complexity index is 284. The Kier molecular flexibility index (Phi) is 2.70. The molecule has 0 amide bonds. The summed E-state index contributed by atoms with van der Waals surface area (Å²) in [6, 6.07) is 2.38. The molecule has 0 atom stereocenters. The zero-order valence-electron chi connectivity index (χ0n) is 8.39. The van der Waals surface area contributed by atoms with Crippen LogP contribution in [-0.4, -0.2) is 13.1 Å². The van der Waals surface area contributed by atoms with Gasteiger partial charge in [0.05, 0.1) is 0 Å². The SMILES string of the molecule is Cc1cc(C2CCNCC2)c(C)s1. The molecule has 0 bridgehead atoms. The third kappa shape index (κ3) is 1.94. The first-order valence-corrected chi connectivity index (χ1v) is 5.86. The van der Waals surface area contributed by atoms with Crippen LogP contribution in [0.2, 0.25) is 0 Å². The van der Waals surface area contributed by atoms with E-state index in [0.29, 0.717) is 0 Å². The summed E-state index contributed by atoms with van der Waals surface area (Å²) < 4.78 is 0. The Hall–Kier alpha value is -0.340. The molecule has 1 saturated heterocycles. The first-order chi connectivity index (χ1) is 6.27. The normalized spacial score (nSPS) is 19.2. The molecule has 1 aromatic rings. The van der Waals surface area contributed by atoms with Crippen LogP contribution in [0.15, 0.2) is 6.07 Å².